The Morgan fingerprint density at radius 1 is 0.875 bits per heavy atom. The van der Waals surface area contributed by atoms with Gasteiger partial charge in [0.25, 0.3) is 8.67 Å². The molecule has 0 saturated heterocycles. The minimum Gasteiger partial charge on any atom is -0.464 e. The zero-order valence-electron chi connectivity index (χ0n) is 8.56. The highest BCUT2D eigenvalue weighted by Gasteiger charge is 2.60. The molecule has 0 saturated carbocycles. The summed E-state index contributed by atoms with van der Waals surface area (Å²) in [7, 11) is 0. The third-order valence-corrected chi connectivity index (χ3v) is 3.60. The average molecular weight is 312 g/mol. The van der Waals surface area contributed by atoms with Crippen LogP contribution in [0.2, 0.25) is 0 Å². The maximum absolute atomic E-state index is 11.4. The summed E-state index contributed by atoms with van der Waals surface area (Å²) in [5.74, 6) is -2.23. The Bertz CT molecular complexity index is 249. The van der Waals surface area contributed by atoms with Crippen LogP contribution in [0.1, 0.15) is 13.8 Å². The van der Waals surface area contributed by atoms with Crippen molar-refractivity contribution in [3.05, 3.63) is 0 Å². The maximum Gasteiger partial charge on any atom is 0.346 e. The number of halogens is 4. The average Bonchev–Trinajstić information content (AvgIpc) is 2.18. The van der Waals surface area contributed by atoms with Crippen LogP contribution < -0.4 is 0 Å². The second kappa shape index (κ2) is 6.15. The van der Waals surface area contributed by atoms with Gasteiger partial charge in [-0.3, -0.25) is 0 Å². The summed E-state index contributed by atoms with van der Waals surface area (Å²) in [6.45, 7) is 3.12. The van der Waals surface area contributed by atoms with E-state index in [2.05, 4.69) is 9.47 Å². The Labute approximate surface area is 113 Å². The van der Waals surface area contributed by atoms with E-state index in [9.17, 15) is 9.59 Å². The summed E-state index contributed by atoms with van der Waals surface area (Å²) in [6.07, 6.45) is 0. The first-order chi connectivity index (χ1) is 7.21. The first kappa shape index (κ1) is 16.1. The number of ether oxygens (including phenoxy) is 2. The number of carbonyl (C=O) groups excluding carboxylic acids is 2. The molecule has 0 amide bonds. The quantitative estimate of drug-likeness (QED) is 0.578. The second-order valence-electron chi connectivity index (χ2n) is 2.59. The van der Waals surface area contributed by atoms with Crippen molar-refractivity contribution in [3.8, 4) is 0 Å². The van der Waals surface area contributed by atoms with Gasteiger partial charge in [-0.25, -0.2) is 9.59 Å². The van der Waals surface area contributed by atoms with Crippen LogP contribution >= 0.6 is 46.4 Å². The van der Waals surface area contributed by atoms with Gasteiger partial charge in [0.2, 0.25) is 0 Å². The maximum atomic E-state index is 11.4. The van der Waals surface area contributed by atoms with Gasteiger partial charge in [0.15, 0.2) is 0 Å². The van der Waals surface area contributed by atoms with Crippen molar-refractivity contribution >= 4 is 58.3 Å². The molecule has 0 aromatic rings. The lowest BCUT2D eigenvalue weighted by atomic mass is 10.3. The lowest BCUT2D eigenvalue weighted by Gasteiger charge is -2.28. The fourth-order valence-electron chi connectivity index (χ4n) is 0.700. The smallest absolute Gasteiger partial charge is 0.346 e. The van der Waals surface area contributed by atoms with Crippen molar-refractivity contribution in [2.75, 3.05) is 13.2 Å². The molecule has 0 aliphatic carbocycles. The largest absolute Gasteiger partial charge is 0.464 e. The Balaban J connectivity index is 4.96. The van der Waals surface area contributed by atoms with E-state index in [0.717, 1.165) is 0 Å². The first-order valence-corrected chi connectivity index (χ1v) is 5.83. The molecule has 0 atom stereocenters. The summed E-state index contributed by atoms with van der Waals surface area (Å²) < 4.78 is 4.22. The molecule has 0 heterocycles. The van der Waals surface area contributed by atoms with Gasteiger partial charge >= 0.3 is 11.9 Å². The standard InChI is InChI=1S/C8H10Cl4O4/c1-3-15-5(13)7(9,10)8(11,12)6(14)16-4-2/h3-4H2,1-2H3. The van der Waals surface area contributed by atoms with E-state index in [-0.39, 0.29) is 13.2 Å². The lowest BCUT2D eigenvalue weighted by molar-refractivity contribution is -0.151. The number of esters is 2. The Hall–Kier alpha value is 0.1000. The van der Waals surface area contributed by atoms with Crippen LogP contribution in [0.5, 0.6) is 0 Å². The molecular formula is C8H10Cl4O4. The fourth-order valence-corrected chi connectivity index (χ4v) is 1.23. The Morgan fingerprint density at radius 2 is 1.12 bits per heavy atom. The molecule has 0 aromatic heterocycles. The van der Waals surface area contributed by atoms with Crippen molar-refractivity contribution in [3.63, 3.8) is 0 Å². The van der Waals surface area contributed by atoms with Crippen LogP contribution in [0, 0.1) is 0 Å². The predicted molar refractivity (Wildman–Crippen MR) is 62.1 cm³/mol. The third-order valence-electron chi connectivity index (χ3n) is 1.46. The molecule has 0 aliphatic heterocycles. The molecular weight excluding hydrogens is 302 g/mol. The molecule has 0 spiro atoms. The van der Waals surface area contributed by atoms with Gasteiger partial charge in [-0.1, -0.05) is 46.4 Å². The van der Waals surface area contributed by atoms with Gasteiger partial charge in [-0.15, -0.1) is 0 Å². The Morgan fingerprint density at radius 3 is 1.31 bits per heavy atom. The molecule has 16 heavy (non-hydrogen) atoms. The van der Waals surface area contributed by atoms with Crippen molar-refractivity contribution in [1.29, 1.82) is 0 Å². The summed E-state index contributed by atoms with van der Waals surface area (Å²) in [6, 6.07) is 0. The van der Waals surface area contributed by atoms with Gasteiger partial charge in [-0.05, 0) is 13.8 Å². The number of hydrogen-bond donors (Lipinski definition) is 0. The van der Waals surface area contributed by atoms with Gasteiger partial charge in [0, 0.05) is 0 Å². The number of rotatable bonds is 5. The molecule has 0 fully saturated rings. The van der Waals surface area contributed by atoms with Crippen LogP contribution in [-0.2, 0) is 19.1 Å². The fraction of sp³-hybridized carbons (Fsp3) is 0.750. The van der Waals surface area contributed by atoms with E-state index in [1.165, 1.54) is 13.8 Å². The molecule has 0 rings (SSSR count). The molecule has 0 bridgehead atoms. The van der Waals surface area contributed by atoms with Gasteiger partial charge in [-0.2, -0.15) is 0 Å². The third kappa shape index (κ3) is 3.29. The van der Waals surface area contributed by atoms with Crippen molar-refractivity contribution < 1.29 is 19.1 Å². The van der Waals surface area contributed by atoms with E-state index in [1.54, 1.807) is 0 Å². The van der Waals surface area contributed by atoms with Gasteiger partial charge in [0.05, 0.1) is 13.2 Å². The molecule has 4 nitrogen and oxygen atoms in total. The molecule has 0 N–H and O–H groups in total. The van der Waals surface area contributed by atoms with Crippen LogP contribution in [0.15, 0.2) is 0 Å². The van der Waals surface area contributed by atoms with Gasteiger partial charge < -0.3 is 9.47 Å². The molecule has 94 valence electrons. The summed E-state index contributed by atoms with van der Waals surface area (Å²) in [5, 5.41) is 0. The first-order valence-electron chi connectivity index (χ1n) is 4.31. The van der Waals surface area contributed by atoms with E-state index in [4.69, 9.17) is 46.4 Å². The molecule has 8 heteroatoms. The highest BCUT2D eigenvalue weighted by molar-refractivity contribution is 6.73. The van der Waals surface area contributed by atoms with Crippen molar-refractivity contribution in [2.45, 2.75) is 22.5 Å². The number of alkyl halides is 4. The normalized spacial score (nSPS) is 12.1. The number of carbonyl (C=O) groups is 2. The molecule has 0 unspecified atom stereocenters. The van der Waals surface area contributed by atoms with Crippen LogP contribution in [0.4, 0.5) is 0 Å². The zero-order chi connectivity index (χ0) is 13.0. The van der Waals surface area contributed by atoms with Crippen LogP contribution in [-0.4, -0.2) is 33.8 Å². The summed E-state index contributed by atoms with van der Waals surface area (Å²) in [5.41, 5.74) is 0. The predicted octanol–water partition coefficient (Wildman–Crippen LogP) is 2.46. The highest BCUT2D eigenvalue weighted by Crippen LogP contribution is 2.44. The van der Waals surface area contributed by atoms with Crippen molar-refractivity contribution in [2.24, 2.45) is 0 Å². The topological polar surface area (TPSA) is 52.6 Å². The minimum absolute atomic E-state index is 0.0205. The van der Waals surface area contributed by atoms with Crippen molar-refractivity contribution in [1.82, 2.24) is 0 Å². The molecule has 0 aliphatic rings. The zero-order valence-corrected chi connectivity index (χ0v) is 11.6. The SMILES string of the molecule is CCOC(=O)C(Cl)(Cl)C(Cl)(Cl)C(=O)OCC. The minimum atomic E-state index is -2.43. The summed E-state index contributed by atoms with van der Waals surface area (Å²) in [4.78, 5) is 22.7. The molecule has 0 radical (unpaired) electrons. The number of hydrogen-bond acceptors (Lipinski definition) is 4. The second-order valence-corrected chi connectivity index (χ2v) is 5.24. The lowest BCUT2D eigenvalue weighted by Crippen LogP contribution is -2.50. The van der Waals surface area contributed by atoms with Crippen LogP contribution in [0.3, 0.4) is 0 Å². The molecule has 0 aromatic carbocycles. The monoisotopic (exact) mass is 310 g/mol. The van der Waals surface area contributed by atoms with Crippen LogP contribution in [0.25, 0.3) is 0 Å². The summed E-state index contributed by atoms with van der Waals surface area (Å²) >= 11 is 22.5. The van der Waals surface area contributed by atoms with E-state index in [0.29, 0.717) is 0 Å². The van der Waals surface area contributed by atoms with E-state index < -0.39 is 20.6 Å². The van der Waals surface area contributed by atoms with E-state index in [1.807, 2.05) is 0 Å². The van der Waals surface area contributed by atoms with E-state index >= 15 is 0 Å². The van der Waals surface area contributed by atoms with Gasteiger partial charge in [0.1, 0.15) is 0 Å². The Kier molecular flexibility index (Phi) is 6.18. The highest BCUT2D eigenvalue weighted by atomic mass is 35.5.